The van der Waals surface area contributed by atoms with Gasteiger partial charge in [0, 0.05) is 32.0 Å². The third-order valence-electron chi connectivity index (χ3n) is 4.53. The van der Waals surface area contributed by atoms with E-state index in [4.69, 9.17) is 4.98 Å². The molecule has 1 aromatic heterocycles. The molecule has 0 unspecified atom stereocenters. The number of nitrogens with zero attached hydrogens (tertiary/aromatic N) is 4. The van der Waals surface area contributed by atoms with Gasteiger partial charge in [-0.15, -0.1) is 0 Å². The lowest BCUT2D eigenvalue weighted by Gasteiger charge is -2.29. The second-order valence-electron chi connectivity index (χ2n) is 6.05. The van der Waals surface area contributed by atoms with Gasteiger partial charge in [-0.2, -0.15) is 4.98 Å². The maximum absolute atomic E-state index is 4.79. The van der Waals surface area contributed by atoms with Crippen LogP contribution in [0.5, 0.6) is 0 Å². The molecular weight excluding hydrogens is 296 g/mol. The van der Waals surface area contributed by atoms with E-state index in [9.17, 15) is 0 Å². The maximum Gasteiger partial charge on any atom is 0.227 e. The van der Waals surface area contributed by atoms with Crippen LogP contribution in [-0.4, -0.2) is 23.6 Å². The minimum atomic E-state index is 0.796. The van der Waals surface area contributed by atoms with E-state index in [2.05, 4.69) is 51.2 Å². The monoisotopic (exact) mass is 316 g/mol. The van der Waals surface area contributed by atoms with Gasteiger partial charge in [-0.3, -0.25) is 0 Å². The van der Waals surface area contributed by atoms with Gasteiger partial charge in [0.15, 0.2) is 0 Å². The second-order valence-corrected chi connectivity index (χ2v) is 6.05. The number of hydrogen-bond donors (Lipinski definition) is 0. The first-order chi connectivity index (χ1) is 11.8. The number of para-hydroxylation sites is 1. The quantitative estimate of drug-likeness (QED) is 0.735. The molecule has 4 rings (SSSR count). The van der Waals surface area contributed by atoms with Crippen molar-refractivity contribution in [1.29, 1.82) is 0 Å². The highest BCUT2D eigenvalue weighted by atomic mass is 15.3. The Hall–Kier alpha value is -2.88. The first-order valence-electron chi connectivity index (χ1n) is 8.25. The molecule has 0 amide bonds. The Morgan fingerprint density at radius 1 is 0.917 bits per heavy atom. The van der Waals surface area contributed by atoms with Crippen molar-refractivity contribution >= 4 is 17.5 Å². The molecule has 3 aromatic rings. The van der Waals surface area contributed by atoms with E-state index in [1.807, 2.05) is 37.5 Å². The number of rotatable bonds is 3. The summed E-state index contributed by atoms with van der Waals surface area (Å²) in [4.78, 5) is 13.6. The van der Waals surface area contributed by atoms with Crippen LogP contribution in [0.2, 0.25) is 0 Å². The molecule has 2 heterocycles. The molecule has 0 fully saturated rings. The van der Waals surface area contributed by atoms with E-state index in [1.165, 1.54) is 11.1 Å². The first kappa shape index (κ1) is 14.7. The zero-order valence-corrected chi connectivity index (χ0v) is 13.8. The zero-order valence-electron chi connectivity index (χ0n) is 13.8. The van der Waals surface area contributed by atoms with E-state index in [1.54, 1.807) is 0 Å². The van der Waals surface area contributed by atoms with Gasteiger partial charge in [-0.05, 0) is 35.7 Å². The molecule has 1 aliphatic heterocycles. The van der Waals surface area contributed by atoms with E-state index in [0.29, 0.717) is 0 Å². The Labute approximate surface area is 142 Å². The molecule has 1 aliphatic rings. The van der Waals surface area contributed by atoms with E-state index in [0.717, 1.165) is 37.0 Å². The fourth-order valence-electron chi connectivity index (χ4n) is 3.13. The van der Waals surface area contributed by atoms with Crippen LogP contribution < -0.4 is 9.80 Å². The molecule has 0 atom stereocenters. The van der Waals surface area contributed by atoms with Crippen LogP contribution in [-0.2, 0) is 13.0 Å². The van der Waals surface area contributed by atoms with Crippen LogP contribution in [0.25, 0.3) is 0 Å². The minimum absolute atomic E-state index is 0.796. The van der Waals surface area contributed by atoms with Gasteiger partial charge >= 0.3 is 0 Å². The average Bonchev–Trinajstić information content (AvgIpc) is 2.68. The van der Waals surface area contributed by atoms with Crippen molar-refractivity contribution in [2.24, 2.45) is 0 Å². The van der Waals surface area contributed by atoms with Crippen molar-refractivity contribution in [2.45, 2.75) is 13.0 Å². The van der Waals surface area contributed by atoms with Crippen LogP contribution >= 0.6 is 0 Å². The van der Waals surface area contributed by atoms with Crippen molar-refractivity contribution in [3.8, 4) is 0 Å². The SMILES string of the molecule is CN(c1ccccc1)c1ccnc(N2CCc3ccccc3C2)n1. The molecule has 0 spiro atoms. The summed E-state index contributed by atoms with van der Waals surface area (Å²) in [6, 6.07) is 20.8. The summed E-state index contributed by atoms with van der Waals surface area (Å²) in [5, 5.41) is 0. The van der Waals surface area contributed by atoms with E-state index in [-0.39, 0.29) is 0 Å². The Morgan fingerprint density at radius 2 is 1.67 bits per heavy atom. The summed E-state index contributed by atoms with van der Waals surface area (Å²) in [5.74, 6) is 1.70. The van der Waals surface area contributed by atoms with E-state index >= 15 is 0 Å². The molecule has 2 aromatic carbocycles. The third kappa shape index (κ3) is 2.83. The molecule has 0 radical (unpaired) electrons. The number of aromatic nitrogens is 2. The van der Waals surface area contributed by atoms with Gasteiger partial charge in [0.25, 0.3) is 0 Å². The lowest BCUT2D eigenvalue weighted by Crippen LogP contribution is -2.32. The molecule has 120 valence electrons. The number of hydrogen-bond acceptors (Lipinski definition) is 4. The summed E-state index contributed by atoms with van der Waals surface area (Å²) < 4.78 is 0. The Balaban J connectivity index is 1.60. The summed E-state index contributed by atoms with van der Waals surface area (Å²) in [6.07, 6.45) is 2.88. The number of benzene rings is 2. The van der Waals surface area contributed by atoms with Gasteiger partial charge in [0.05, 0.1) is 0 Å². The predicted octanol–water partition coefficient (Wildman–Crippen LogP) is 3.81. The van der Waals surface area contributed by atoms with Crippen molar-refractivity contribution in [1.82, 2.24) is 9.97 Å². The average molecular weight is 316 g/mol. The molecule has 24 heavy (non-hydrogen) atoms. The highest BCUT2D eigenvalue weighted by Crippen LogP contribution is 2.25. The molecule has 4 nitrogen and oxygen atoms in total. The number of fused-ring (bicyclic) bond motifs is 1. The minimum Gasteiger partial charge on any atom is -0.336 e. The highest BCUT2D eigenvalue weighted by molar-refractivity contribution is 5.59. The largest absolute Gasteiger partial charge is 0.336 e. The van der Waals surface area contributed by atoms with E-state index < -0.39 is 0 Å². The summed E-state index contributed by atoms with van der Waals surface area (Å²) in [5.41, 5.74) is 3.92. The fourth-order valence-corrected chi connectivity index (χ4v) is 3.13. The summed E-state index contributed by atoms with van der Waals surface area (Å²) in [7, 11) is 2.03. The van der Waals surface area contributed by atoms with Crippen LogP contribution in [0.4, 0.5) is 17.5 Å². The van der Waals surface area contributed by atoms with Crippen LogP contribution in [0.3, 0.4) is 0 Å². The molecule has 0 bridgehead atoms. The lowest BCUT2D eigenvalue weighted by atomic mass is 10.0. The lowest BCUT2D eigenvalue weighted by molar-refractivity contribution is 0.707. The van der Waals surface area contributed by atoms with Crippen molar-refractivity contribution < 1.29 is 0 Å². The Bertz CT molecular complexity index is 832. The Kier molecular flexibility index (Phi) is 3.87. The maximum atomic E-state index is 4.79. The van der Waals surface area contributed by atoms with Crippen molar-refractivity contribution in [3.63, 3.8) is 0 Å². The van der Waals surface area contributed by atoms with Gasteiger partial charge < -0.3 is 9.80 Å². The molecule has 0 aliphatic carbocycles. The first-order valence-corrected chi connectivity index (χ1v) is 8.25. The molecule has 4 heteroatoms. The molecular formula is C20H20N4. The normalized spacial score (nSPS) is 13.5. The molecule has 0 saturated heterocycles. The van der Waals surface area contributed by atoms with Crippen LogP contribution in [0.1, 0.15) is 11.1 Å². The molecule has 0 N–H and O–H groups in total. The standard InChI is InChI=1S/C20H20N4/c1-23(18-9-3-2-4-10-18)19-11-13-21-20(22-19)24-14-12-16-7-5-6-8-17(16)15-24/h2-11,13H,12,14-15H2,1H3. The van der Waals surface area contributed by atoms with Crippen LogP contribution in [0.15, 0.2) is 66.9 Å². The summed E-state index contributed by atoms with van der Waals surface area (Å²) >= 11 is 0. The second kappa shape index (κ2) is 6.32. The highest BCUT2D eigenvalue weighted by Gasteiger charge is 2.18. The molecule has 0 saturated carbocycles. The Morgan fingerprint density at radius 3 is 2.50 bits per heavy atom. The van der Waals surface area contributed by atoms with Gasteiger partial charge in [0.1, 0.15) is 5.82 Å². The number of anilines is 3. The topological polar surface area (TPSA) is 32.3 Å². The fraction of sp³-hybridized carbons (Fsp3) is 0.200. The summed E-state index contributed by atoms with van der Waals surface area (Å²) in [6.45, 7) is 1.82. The third-order valence-corrected chi connectivity index (χ3v) is 4.53. The zero-order chi connectivity index (χ0) is 16.4. The van der Waals surface area contributed by atoms with Crippen LogP contribution in [0, 0.1) is 0 Å². The van der Waals surface area contributed by atoms with Gasteiger partial charge in [-0.1, -0.05) is 42.5 Å². The van der Waals surface area contributed by atoms with Crippen molar-refractivity contribution in [3.05, 3.63) is 78.0 Å². The predicted molar refractivity (Wildman–Crippen MR) is 97.7 cm³/mol. The van der Waals surface area contributed by atoms with Gasteiger partial charge in [0.2, 0.25) is 5.95 Å². The van der Waals surface area contributed by atoms with Gasteiger partial charge in [-0.25, -0.2) is 4.98 Å². The van der Waals surface area contributed by atoms with Crippen molar-refractivity contribution in [2.75, 3.05) is 23.4 Å². The smallest absolute Gasteiger partial charge is 0.227 e.